The van der Waals surface area contributed by atoms with E-state index in [2.05, 4.69) is 15.4 Å². The lowest BCUT2D eigenvalue weighted by atomic mass is 9.79. The highest BCUT2D eigenvalue weighted by atomic mass is 19.2. The molecule has 8 nitrogen and oxygen atoms in total. The number of ether oxygens (including phenoxy) is 1. The third-order valence-corrected chi connectivity index (χ3v) is 4.42. The number of aromatic nitrogens is 3. The number of amides is 1. The van der Waals surface area contributed by atoms with Gasteiger partial charge in [0.2, 0.25) is 0 Å². The van der Waals surface area contributed by atoms with Gasteiger partial charge in [0.1, 0.15) is 5.60 Å². The molecule has 0 aliphatic carbocycles. The lowest BCUT2D eigenvalue weighted by Gasteiger charge is -2.19. The van der Waals surface area contributed by atoms with Crippen molar-refractivity contribution in [3.8, 4) is 11.1 Å². The molecule has 0 atom stereocenters. The van der Waals surface area contributed by atoms with E-state index >= 15 is 0 Å². The van der Waals surface area contributed by atoms with Crippen LogP contribution in [0.15, 0.2) is 36.7 Å². The Morgan fingerprint density at radius 3 is 2.47 bits per heavy atom. The molecule has 1 amide bonds. The lowest BCUT2D eigenvalue weighted by Crippen LogP contribution is -2.33. The highest BCUT2D eigenvalue weighted by molar-refractivity contribution is 6.58. The van der Waals surface area contributed by atoms with Crippen LogP contribution in [-0.4, -0.2) is 43.6 Å². The average Bonchev–Trinajstić information content (AvgIpc) is 3.03. The van der Waals surface area contributed by atoms with Gasteiger partial charge in [-0.2, -0.15) is 5.10 Å². The molecule has 3 aromatic rings. The molecule has 11 heteroatoms. The van der Waals surface area contributed by atoms with E-state index in [1.807, 2.05) is 0 Å². The van der Waals surface area contributed by atoms with Gasteiger partial charge >= 0.3 is 13.2 Å². The van der Waals surface area contributed by atoms with Crippen LogP contribution in [0.25, 0.3) is 11.1 Å². The van der Waals surface area contributed by atoms with E-state index in [4.69, 9.17) is 14.8 Å². The molecule has 0 spiro atoms. The predicted molar refractivity (Wildman–Crippen MR) is 115 cm³/mol. The molecule has 0 aliphatic rings. The zero-order valence-electron chi connectivity index (χ0n) is 18.1. The van der Waals surface area contributed by atoms with Crippen LogP contribution < -0.4 is 10.8 Å². The predicted octanol–water partition coefficient (Wildman–Crippen LogP) is 2.61. The van der Waals surface area contributed by atoms with Crippen LogP contribution >= 0.6 is 0 Å². The van der Waals surface area contributed by atoms with E-state index in [1.165, 1.54) is 16.9 Å². The Balaban J connectivity index is 1.75. The van der Waals surface area contributed by atoms with Crippen LogP contribution in [0.4, 0.5) is 19.3 Å². The maximum atomic E-state index is 14.5. The van der Waals surface area contributed by atoms with Gasteiger partial charge in [-0.1, -0.05) is 12.1 Å². The standard InChI is InChI=1S/C21H23BF2N4O4/c1-12-16(15-7-8-17(22(30)31)19(24)18(15)23)11-28(27-12)10-14-6-5-13(9-25-14)26-20(29)32-21(2,3)4/h5-9,11,30-31H,10H2,1-4H3,(H,26,29). The van der Waals surface area contributed by atoms with E-state index < -0.39 is 35.9 Å². The molecule has 2 aromatic heterocycles. The van der Waals surface area contributed by atoms with Crippen molar-refractivity contribution in [3.63, 3.8) is 0 Å². The van der Waals surface area contributed by atoms with E-state index in [9.17, 15) is 13.6 Å². The number of aryl methyl sites for hydroxylation is 1. The minimum atomic E-state index is -2.11. The Morgan fingerprint density at radius 2 is 1.88 bits per heavy atom. The molecule has 168 valence electrons. The number of hydrogen-bond acceptors (Lipinski definition) is 6. The highest BCUT2D eigenvalue weighted by Crippen LogP contribution is 2.26. The summed E-state index contributed by atoms with van der Waals surface area (Å²) >= 11 is 0. The van der Waals surface area contributed by atoms with Gasteiger partial charge in [-0.15, -0.1) is 0 Å². The smallest absolute Gasteiger partial charge is 0.444 e. The average molecular weight is 444 g/mol. The zero-order valence-corrected chi connectivity index (χ0v) is 18.1. The molecule has 0 saturated heterocycles. The summed E-state index contributed by atoms with van der Waals surface area (Å²) in [5, 5.41) is 25.2. The number of halogens is 2. The van der Waals surface area contributed by atoms with Crippen molar-refractivity contribution in [2.45, 2.75) is 39.8 Å². The largest absolute Gasteiger partial charge is 0.491 e. The van der Waals surface area contributed by atoms with Crippen LogP contribution in [0.1, 0.15) is 32.2 Å². The maximum absolute atomic E-state index is 14.5. The second kappa shape index (κ2) is 9.05. The zero-order chi connectivity index (χ0) is 23.6. The van der Waals surface area contributed by atoms with Crippen molar-refractivity contribution < 1.29 is 28.4 Å². The number of nitrogens with zero attached hydrogens (tertiary/aromatic N) is 3. The number of benzene rings is 1. The van der Waals surface area contributed by atoms with E-state index in [1.54, 1.807) is 46.0 Å². The van der Waals surface area contributed by atoms with E-state index in [0.717, 1.165) is 6.07 Å². The van der Waals surface area contributed by atoms with Crippen molar-refractivity contribution in [1.82, 2.24) is 14.8 Å². The van der Waals surface area contributed by atoms with E-state index in [0.29, 0.717) is 22.6 Å². The monoisotopic (exact) mass is 444 g/mol. The summed E-state index contributed by atoms with van der Waals surface area (Å²) in [5.41, 5.74) is 0.713. The van der Waals surface area contributed by atoms with Crippen molar-refractivity contribution in [2.75, 3.05) is 5.32 Å². The van der Waals surface area contributed by atoms with Crippen molar-refractivity contribution in [2.24, 2.45) is 0 Å². The molecule has 3 rings (SSSR count). The van der Waals surface area contributed by atoms with Crippen LogP contribution in [0.3, 0.4) is 0 Å². The Hall–Kier alpha value is -3.31. The van der Waals surface area contributed by atoms with Gasteiger partial charge in [0.15, 0.2) is 11.6 Å². The summed E-state index contributed by atoms with van der Waals surface area (Å²) in [6.07, 6.45) is 2.44. The Labute approximate surface area is 184 Å². The fourth-order valence-electron chi connectivity index (χ4n) is 3.01. The molecule has 0 radical (unpaired) electrons. The van der Waals surface area contributed by atoms with Crippen LogP contribution in [0.2, 0.25) is 0 Å². The fourth-order valence-corrected chi connectivity index (χ4v) is 3.01. The van der Waals surface area contributed by atoms with Gasteiger partial charge < -0.3 is 14.8 Å². The first-order chi connectivity index (χ1) is 14.9. The third kappa shape index (κ3) is 5.48. The Kier molecular flexibility index (Phi) is 6.61. The summed E-state index contributed by atoms with van der Waals surface area (Å²) in [4.78, 5) is 16.1. The van der Waals surface area contributed by atoms with Crippen molar-refractivity contribution >= 4 is 24.4 Å². The van der Waals surface area contributed by atoms with Crippen LogP contribution in [-0.2, 0) is 11.3 Å². The maximum Gasteiger partial charge on any atom is 0.491 e. The first-order valence-electron chi connectivity index (χ1n) is 9.78. The normalized spacial score (nSPS) is 11.4. The third-order valence-electron chi connectivity index (χ3n) is 4.42. The van der Waals surface area contributed by atoms with Gasteiger partial charge in [-0.25, -0.2) is 13.6 Å². The molecular weight excluding hydrogens is 421 g/mol. The lowest BCUT2D eigenvalue weighted by molar-refractivity contribution is 0.0636. The fraction of sp³-hybridized carbons (Fsp3) is 0.286. The summed E-state index contributed by atoms with van der Waals surface area (Å²) in [6.45, 7) is 7.20. The number of anilines is 1. The van der Waals surface area contributed by atoms with Gasteiger partial charge in [-0.3, -0.25) is 15.0 Å². The minimum Gasteiger partial charge on any atom is -0.444 e. The quantitative estimate of drug-likeness (QED) is 0.522. The number of hydrogen-bond donors (Lipinski definition) is 3. The Morgan fingerprint density at radius 1 is 1.16 bits per heavy atom. The number of carbonyl (C=O) groups is 1. The summed E-state index contributed by atoms with van der Waals surface area (Å²) < 4.78 is 35.3. The summed E-state index contributed by atoms with van der Waals surface area (Å²) in [7, 11) is -2.11. The number of rotatable bonds is 5. The molecule has 1 aromatic carbocycles. The van der Waals surface area contributed by atoms with Gasteiger partial charge in [0, 0.05) is 22.8 Å². The number of carbonyl (C=O) groups excluding carboxylic acids is 1. The highest BCUT2D eigenvalue weighted by Gasteiger charge is 2.23. The molecular formula is C21H23BF2N4O4. The van der Waals surface area contributed by atoms with Crippen molar-refractivity contribution in [1.29, 1.82) is 0 Å². The van der Waals surface area contributed by atoms with E-state index in [-0.39, 0.29) is 12.1 Å². The molecule has 0 saturated carbocycles. The second-order valence-electron chi connectivity index (χ2n) is 8.19. The second-order valence-corrected chi connectivity index (χ2v) is 8.19. The molecule has 3 N–H and O–H groups in total. The topological polar surface area (TPSA) is 110 Å². The SMILES string of the molecule is Cc1nn(Cc2ccc(NC(=O)OC(C)(C)C)cn2)cc1-c1ccc(B(O)O)c(F)c1F. The van der Waals surface area contributed by atoms with Crippen molar-refractivity contribution in [3.05, 3.63) is 59.7 Å². The van der Waals surface area contributed by atoms with Gasteiger partial charge in [-0.05, 0) is 39.8 Å². The molecule has 0 bridgehead atoms. The molecule has 0 fully saturated rings. The molecule has 0 unspecified atom stereocenters. The minimum absolute atomic E-state index is 0.0412. The number of nitrogens with one attached hydrogen (secondary N) is 1. The molecule has 2 heterocycles. The van der Waals surface area contributed by atoms with Gasteiger partial charge in [0.05, 0.1) is 29.8 Å². The first kappa shape index (κ1) is 23.4. The first-order valence-corrected chi connectivity index (χ1v) is 9.78. The summed E-state index contributed by atoms with van der Waals surface area (Å²) in [6, 6.07) is 5.75. The van der Waals surface area contributed by atoms with Gasteiger partial charge in [0.25, 0.3) is 0 Å². The van der Waals surface area contributed by atoms with Crippen LogP contribution in [0.5, 0.6) is 0 Å². The number of pyridine rings is 1. The Bertz CT molecular complexity index is 1130. The molecule has 0 aliphatic heterocycles. The van der Waals surface area contributed by atoms with Crippen LogP contribution in [0, 0.1) is 18.6 Å². The summed E-state index contributed by atoms with van der Waals surface area (Å²) in [5.74, 6) is -2.51. The molecule has 32 heavy (non-hydrogen) atoms.